The molecule has 0 amide bonds. The Balaban J connectivity index is 2.83. The summed E-state index contributed by atoms with van der Waals surface area (Å²) in [6.45, 7) is 2.31. The molecule has 19 heavy (non-hydrogen) atoms. The Morgan fingerprint density at radius 3 is 2.21 bits per heavy atom. The molecule has 0 aromatic heterocycles. The molecule has 1 rings (SSSR count). The summed E-state index contributed by atoms with van der Waals surface area (Å²) in [6, 6.07) is 0.240. The van der Waals surface area contributed by atoms with E-state index in [-0.39, 0.29) is 17.3 Å². The summed E-state index contributed by atoms with van der Waals surface area (Å²) in [5.74, 6) is 1.06. The van der Waals surface area contributed by atoms with Gasteiger partial charge in [0.15, 0.2) is 0 Å². The van der Waals surface area contributed by atoms with Crippen molar-refractivity contribution in [2.45, 2.75) is 50.6 Å². The smallest absolute Gasteiger partial charge is 0.147 e. The van der Waals surface area contributed by atoms with Gasteiger partial charge in [0.2, 0.25) is 0 Å². The molecule has 0 heterocycles. The fourth-order valence-electron chi connectivity index (χ4n) is 3.38. The molecule has 114 valence electrons. The first-order valence-corrected chi connectivity index (χ1v) is 9.30. The van der Waals surface area contributed by atoms with E-state index in [0.29, 0.717) is 6.42 Å². The maximum absolute atomic E-state index is 11.4. The van der Waals surface area contributed by atoms with Gasteiger partial charge >= 0.3 is 0 Å². The van der Waals surface area contributed by atoms with Crippen LogP contribution in [-0.2, 0) is 9.84 Å². The van der Waals surface area contributed by atoms with Gasteiger partial charge in [-0.05, 0) is 59.2 Å². The van der Waals surface area contributed by atoms with Crippen LogP contribution in [0.15, 0.2) is 0 Å². The second-order valence-corrected chi connectivity index (χ2v) is 8.70. The van der Waals surface area contributed by atoms with Gasteiger partial charge in [-0.2, -0.15) is 0 Å². The largest absolute Gasteiger partial charge is 0.315 e. The molecule has 1 fully saturated rings. The van der Waals surface area contributed by atoms with Crippen LogP contribution in [0.4, 0.5) is 0 Å². The van der Waals surface area contributed by atoms with Crippen molar-refractivity contribution >= 4 is 9.84 Å². The molecule has 0 aromatic rings. The minimum absolute atomic E-state index is 0.103. The topological polar surface area (TPSA) is 49.4 Å². The Kier molecular flexibility index (Phi) is 5.83. The number of hydrogen-bond acceptors (Lipinski definition) is 4. The van der Waals surface area contributed by atoms with Gasteiger partial charge < -0.3 is 10.2 Å². The summed E-state index contributed by atoms with van der Waals surface area (Å²) in [4.78, 5) is 2.31. The Hall–Kier alpha value is -0.130. The quantitative estimate of drug-likeness (QED) is 0.806. The summed E-state index contributed by atoms with van der Waals surface area (Å²) in [5.41, 5.74) is 0.103. The van der Waals surface area contributed by atoms with Crippen LogP contribution in [0.5, 0.6) is 0 Å². The summed E-state index contributed by atoms with van der Waals surface area (Å²) in [6.07, 6.45) is 6.78. The number of nitrogens with one attached hydrogen (secondary N) is 1. The molecule has 5 heteroatoms. The van der Waals surface area contributed by atoms with Gasteiger partial charge in [-0.3, -0.25) is 0 Å². The first kappa shape index (κ1) is 16.9. The van der Waals surface area contributed by atoms with Crippen molar-refractivity contribution in [3.05, 3.63) is 0 Å². The molecule has 4 nitrogen and oxygen atoms in total. The highest BCUT2D eigenvalue weighted by atomic mass is 32.2. The second kappa shape index (κ2) is 6.55. The summed E-state index contributed by atoms with van der Waals surface area (Å²) in [5, 5.41) is 3.38. The maximum atomic E-state index is 11.4. The van der Waals surface area contributed by atoms with Gasteiger partial charge in [-0.1, -0.05) is 6.92 Å². The van der Waals surface area contributed by atoms with Gasteiger partial charge in [-0.15, -0.1) is 0 Å². The van der Waals surface area contributed by atoms with Crippen molar-refractivity contribution in [2.24, 2.45) is 5.92 Å². The lowest BCUT2D eigenvalue weighted by Crippen LogP contribution is -2.60. The second-order valence-electron chi connectivity index (χ2n) is 6.44. The zero-order valence-electron chi connectivity index (χ0n) is 13.1. The Morgan fingerprint density at radius 2 is 1.84 bits per heavy atom. The third-order valence-corrected chi connectivity index (χ3v) is 5.78. The van der Waals surface area contributed by atoms with Crippen LogP contribution in [0.1, 0.15) is 39.0 Å². The lowest BCUT2D eigenvalue weighted by molar-refractivity contribution is 0.0450. The van der Waals surface area contributed by atoms with Gasteiger partial charge in [0.05, 0.1) is 5.75 Å². The first-order valence-electron chi connectivity index (χ1n) is 7.23. The number of nitrogens with zero attached hydrogens (tertiary/aromatic N) is 1. The number of sulfone groups is 1. The van der Waals surface area contributed by atoms with Gasteiger partial charge in [0, 0.05) is 17.8 Å². The van der Waals surface area contributed by atoms with Crippen LogP contribution in [0.25, 0.3) is 0 Å². The van der Waals surface area contributed by atoms with Gasteiger partial charge in [0.1, 0.15) is 9.84 Å². The van der Waals surface area contributed by atoms with E-state index in [1.54, 1.807) is 0 Å². The van der Waals surface area contributed by atoms with E-state index < -0.39 is 9.84 Å². The molecule has 0 bridgehead atoms. The lowest BCUT2D eigenvalue weighted by Gasteiger charge is -2.49. The molecule has 1 unspecified atom stereocenters. The molecule has 1 aliphatic carbocycles. The minimum atomic E-state index is -2.89. The number of hydrogen-bond donors (Lipinski definition) is 1. The molecule has 1 saturated carbocycles. The molecule has 0 spiro atoms. The molecular formula is C14H30N2O2S. The van der Waals surface area contributed by atoms with E-state index in [1.165, 1.54) is 19.1 Å². The predicted molar refractivity (Wildman–Crippen MR) is 81.2 cm³/mol. The average Bonchev–Trinajstić information content (AvgIpc) is 2.30. The average molecular weight is 290 g/mol. The van der Waals surface area contributed by atoms with Crippen LogP contribution < -0.4 is 5.32 Å². The van der Waals surface area contributed by atoms with E-state index in [0.717, 1.165) is 18.8 Å². The van der Waals surface area contributed by atoms with Crippen molar-refractivity contribution < 1.29 is 8.42 Å². The Labute approximate surface area is 118 Å². The Morgan fingerprint density at radius 1 is 1.32 bits per heavy atom. The first-order chi connectivity index (χ1) is 8.71. The molecule has 1 N–H and O–H groups in total. The number of likely N-dealkylation sites (N-methyl/N-ethyl adjacent to an activating group) is 2. The minimum Gasteiger partial charge on any atom is -0.315 e. The van der Waals surface area contributed by atoms with Crippen molar-refractivity contribution in [2.75, 3.05) is 33.2 Å². The number of rotatable bonds is 6. The molecule has 1 atom stereocenters. The van der Waals surface area contributed by atoms with Crippen molar-refractivity contribution in [3.8, 4) is 0 Å². The highest BCUT2D eigenvalue weighted by Crippen LogP contribution is 2.38. The highest BCUT2D eigenvalue weighted by molar-refractivity contribution is 7.90. The molecule has 0 saturated heterocycles. The third-order valence-electron chi connectivity index (χ3n) is 4.81. The zero-order valence-corrected chi connectivity index (χ0v) is 13.9. The van der Waals surface area contributed by atoms with E-state index in [4.69, 9.17) is 0 Å². The fourth-order valence-corrected chi connectivity index (χ4v) is 4.05. The lowest BCUT2D eigenvalue weighted by atomic mass is 9.71. The third kappa shape index (κ3) is 4.43. The zero-order chi connectivity index (χ0) is 14.7. The van der Waals surface area contributed by atoms with Crippen LogP contribution in [0.3, 0.4) is 0 Å². The maximum Gasteiger partial charge on any atom is 0.147 e. The van der Waals surface area contributed by atoms with E-state index in [9.17, 15) is 8.42 Å². The SMILES string of the molecule is CNC(CCS(C)(=O)=O)C1(N(C)C)CCC(C)CC1. The molecule has 1 aliphatic rings. The van der Waals surface area contributed by atoms with Crippen LogP contribution in [0, 0.1) is 5.92 Å². The van der Waals surface area contributed by atoms with Gasteiger partial charge in [0.25, 0.3) is 0 Å². The Bertz CT molecular complexity index is 371. The molecule has 0 radical (unpaired) electrons. The van der Waals surface area contributed by atoms with Crippen LogP contribution >= 0.6 is 0 Å². The normalized spacial score (nSPS) is 30.5. The van der Waals surface area contributed by atoms with Gasteiger partial charge in [-0.25, -0.2) is 8.42 Å². The van der Waals surface area contributed by atoms with Crippen molar-refractivity contribution in [1.82, 2.24) is 10.2 Å². The summed E-state index contributed by atoms with van der Waals surface area (Å²) in [7, 11) is 3.32. The van der Waals surface area contributed by atoms with E-state index in [2.05, 4.69) is 31.2 Å². The summed E-state index contributed by atoms with van der Waals surface area (Å²) < 4.78 is 22.8. The van der Waals surface area contributed by atoms with Crippen molar-refractivity contribution in [1.29, 1.82) is 0 Å². The molecule has 0 aromatic carbocycles. The highest BCUT2D eigenvalue weighted by Gasteiger charge is 2.42. The van der Waals surface area contributed by atoms with E-state index in [1.807, 2.05) is 7.05 Å². The molecular weight excluding hydrogens is 260 g/mol. The monoisotopic (exact) mass is 290 g/mol. The van der Waals surface area contributed by atoms with Crippen molar-refractivity contribution in [3.63, 3.8) is 0 Å². The standard InChI is InChI=1S/C14H30N2O2S/c1-12-6-9-14(10-7-12,16(3)4)13(15-2)8-11-19(5,17)18/h12-13,15H,6-11H2,1-5H3. The predicted octanol–water partition coefficient (Wildman–Crippen LogP) is 1.52. The molecule has 0 aliphatic heterocycles. The fraction of sp³-hybridized carbons (Fsp3) is 1.00. The summed E-state index contributed by atoms with van der Waals surface area (Å²) >= 11 is 0. The van der Waals surface area contributed by atoms with E-state index >= 15 is 0 Å². The van der Waals surface area contributed by atoms with Crippen LogP contribution in [0.2, 0.25) is 0 Å². The van der Waals surface area contributed by atoms with Crippen LogP contribution in [-0.4, -0.2) is 58.1 Å².